The summed E-state index contributed by atoms with van der Waals surface area (Å²) < 4.78 is 43.2. The smallest absolute Gasteiger partial charge is 0.374 e. The zero-order valence-electron chi connectivity index (χ0n) is 11.3. The predicted molar refractivity (Wildman–Crippen MR) is 69.9 cm³/mol. The lowest BCUT2D eigenvalue weighted by Gasteiger charge is -2.33. The molecule has 1 heterocycles. The molecule has 0 amide bonds. The Labute approximate surface area is 116 Å². The lowest BCUT2D eigenvalue weighted by molar-refractivity contribution is -0.137. The van der Waals surface area contributed by atoms with E-state index in [-0.39, 0.29) is 11.6 Å². The number of hydrogen-bond donors (Lipinski definition) is 2. The number of ether oxygens (including phenoxy) is 1. The lowest BCUT2D eigenvalue weighted by Crippen LogP contribution is -2.52. The van der Waals surface area contributed by atoms with Gasteiger partial charge in [-0.1, -0.05) is 12.1 Å². The van der Waals surface area contributed by atoms with E-state index in [0.29, 0.717) is 13.0 Å². The van der Waals surface area contributed by atoms with Crippen molar-refractivity contribution in [3.63, 3.8) is 0 Å². The van der Waals surface area contributed by atoms with Crippen molar-refractivity contribution in [1.29, 1.82) is 0 Å². The van der Waals surface area contributed by atoms with Crippen LogP contribution in [0.3, 0.4) is 0 Å². The monoisotopic (exact) mass is 288 g/mol. The highest BCUT2D eigenvalue weighted by atomic mass is 19.4. The van der Waals surface area contributed by atoms with Crippen LogP contribution in [0.1, 0.15) is 30.9 Å². The maximum absolute atomic E-state index is 12.5. The SMILES string of the molecule is CC1(C(Cc2ccc(C(F)(F)F)cc2)NN)CCCO1. The number of halogens is 3. The van der Waals surface area contributed by atoms with Gasteiger partial charge in [-0.05, 0) is 43.9 Å². The molecule has 0 aliphatic carbocycles. The minimum absolute atomic E-state index is 0.123. The molecule has 2 unspecified atom stereocenters. The molecule has 0 aromatic heterocycles. The Hall–Kier alpha value is -1.11. The quantitative estimate of drug-likeness (QED) is 0.661. The summed E-state index contributed by atoms with van der Waals surface area (Å²) in [6, 6.07) is 5.06. The summed E-state index contributed by atoms with van der Waals surface area (Å²) in [4.78, 5) is 0. The van der Waals surface area contributed by atoms with Gasteiger partial charge in [-0.15, -0.1) is 0 Å². The van der Waals surface area contributed by atoms with Crippen molar-refractivity contribution in [3.8, 4) is 0 Å². The summed E-state index contributed by atoms with van der Waals surface area (Å²) in [5.41, 5.74) is 2.53. The lowest BCUT2D eigenvalue weighted by atomic mass is 9.88. The first kappa shape index (κ1) is 15.3. The molecule has 1 aromatic carbocycles. The summed E-state index contributed by atoms with van der Waals surface area (Å²) in [6.45, 7) is 2.68. The summed E-state index contributed by atoms with van der Waals surface area (Å²) in [7, 11) is 0. The highest BCUT2D eigenvalue weighted by molar-refractivity contribution is 5.25. The highest BCUT2D eigenvalue weighted by Crippen LogP contribution is 2.32. The van der Waals surface area contributed by atoms with Gasteiger partial charge in [0.05, 0.1) is 17.2 Å². The van der Waals surface area contributed by atoms with E-state index in [1.807, 2.05) is 6.92 Å². The molecule has 0 radical (unpaired) electrons. The summed E-state index contributed by atoms with van der Waals surface area (Å²) in [5.74, 6) is 5.57. The zero-order chi connectivity index (χ0) is 14.8. The molecule has 6 heteroatoms. The third-order valence-corrected chi connectivity index (χ3v) is 3.91. The van der Waals surface area contributed by atoms with Gasteiger partial charge >= 0.3 is 6.18 Å². The molecule has 112 valence electrons. The molecule has 1 fully saturated rings. The number of rotatable bonds is 4. The fourth-order valence-electron chi connectivity index (χ4n) is 2.59. The van der Waals surface area contributed by atoms with E-state index >= 15 is 0 Å². The minimum Gasteiger partial charge on any atom is -0.374 e. The molecule has 0 saturated carbocycles. The van der Waals surface area contributed by atoms with Crippen molar-refractivity contribution in [2.24, 2.45) is 5.84 Å². The molecule has 3 nitrogen and oxygen atoms in total. The van der Waals surface area contributed by atoms with Crippen LogP contribution in [0.2, 0.25) is 0 Å². The second-order valence-corrected chi connectivity index (χ2v) is 5.38. The van der Waals surface area contributed by atoms with Crippen LogP contribution in [0.4, 0.5) is 13.2 Å². The van der Waals surface area contributed by atoms with Gasteiger partial charge in [0.25, 0.3) is 0 Å². The molecule has 2 rings (SSSR count). The molecule has 0 bridgehead atoms. The van der Waals surface area contributed by atoms with Crippen LogP contribution >= 0.6 is 0 Å². The molecule has 2 atom stereocenters. The van der Waals surface area contributed by atoms with Crippen molar-refractivity contribution in [2.75, 3.05) is 6.61 Å². The van der Waals surface area contributed by atoms with E-state index in [1.54, 1.807) is 0 Å². The standard InChI is InChI=1S/C14H19F3N2O/c1-13(7-2-8-20-13)12(19-18)9-10-3-5-11(6-4-10)14(15,16)17/h3-6,12,19H,2,7-9,18H2,1H3. The molecule has 1 aliphatic heterocycles. The van der Waals surface area contributed by atoms with Crippen LogP contribution in [0, 0.1) is 0 Å². The van der Waals surface area contributed by atoms with Gasteiger partial charge in [0.2, 0.25) is 0 Å². The average molecular weight is 288 g/mol. The molecule has 1 saturated heterocycles. The van der Waals surface area contributed by atoms with Crippen molar-refractivity contribution < 1.29 is 17.9 Å². The Morgan fingerprint density at radius 3 is 2.45 bits per heavy atom. The molecule has 3 N–H and O–H groups in total. The van der Waals surface area contributed by atoms with Crippen molar-refractivity contribution in [3.05, 3.63) is 35.4 Å². The van der Waals surface area contributed by atoms with Gasteiger partial charge in [-0.3, -0.25) is 11.3 Å². The van der Waals surface area contributed by atoms with Gasteiger partial charge in [-0.2, -0.15) is 13.2 Å². The van der Waals surface area contributed by atoms with Crippen molar-refractivity contribution in [2.45, 2.75) is 44.0 Å². The first-order valence-corrected chi connectivity index (χ1v) is 6.61. The molecular formula is C14H19F3N2O. The maximum atomic E-state index is 12.5. The number of benzene rings is 1. The van der Waals surface area contributed by atoms with E-state index in [2.05, 4.69) is 5.43 Å². The fraction of sp³-hybridized carbons (Fsp3) is 0.571. The maximum Gasteiger partial charge on any atom is 0.416 e. The van der Waals surface area contributed by atoms with Gasteiger partial charge in [0.1, 0.15) is 0 Å². The van der Waals surface area contributed by atoms with E-state index in [1.165, 1.54) is 12.1 Å². The highest BCUT2D eigenvalue weighted by Gasteiger charge is 2.38. The normalized spacial score (nSPS) is 24.9. The molecule has 1 aliphatic rings. The molecular weight excluding hydrogens is 269 g/mol. The average Bonchev–Trinajstić information content (AvgIpc) is 2.83. The number of hydrazine groups is 1. The number of nitrogens with one attached hydrogen (secondary N) is 1. The Morgan fingerprint density at radius 1 is 1.35 bits per heavy atom. The Balaban J connectivity index is 2.08. The largest absolute Gasteiger partial charge is 0.416 e. The van der Waals surface area contributed by atoms with E-state index in [9.17, 15) is 13.2 Å². The third-order valence-electron chi connectivity index (χ3n) is 3.91. The summed E-state index contributed by atoms with van der Waals surface area (Å²) in [5, 5.41) is 0. The van der Waals surface area contributed by atoms with Gasteiger partial charge in [0.15, 0.2) is 0 Å². The van der Waals surface area contributed by atoms with Crippen LogP contribution in [0.5, 0.6) is 0 Å². The van der Waals surface area contributed by atoms with Gasteiger partial charge < -0.3 is 4.74 Å². The van der Waals surface area contributed by atoms with Crippen molar-refractivity contribution in [1.82, 2.24) is 5.43 Å². The van der Waals surface area contributed by atoms with Gasteiger partial charge in [0, 0.05) is 6.61 Å². The predicted octanol–water partition coefficient (Wildman–Crippen LogP) is 2.65. The van der Waals surface area contributed by atoms with E-state index in [4.69, 9.17) is 10.6 Å². The Kier molecular flexibility index (Phi) is 4.36. The Morgan fingerprint density at radius 2 is 2.00 bits per heavy atom. The van der Waals surface area contributed by atoms with Crippen LogP contribution in [-0.4, -0.2) is 18.2 Å². The second kappa shape index (κ2) is 5.71. The van der Waals surface area contributed by atoms with Crippen LogP contribution in [-0.2, 0) is 17.3 Å². The zero-order valence-corrected chi connectivity index (χ0v) is 11.3. The van der Waals surface area contributed by atoms with Crippen molar-refractivity contribution >= 4 is 0 Å². The van der Waals surface area contributed by atoms with Gasteiger partial charge in [-0.25, -0.2) is 0 Å². The second-order valence-electron chi connectivity index (χ2n) is 5.38. The molecule has 20 heavy (non-hydrogen) atoms. The van der Waals surface area contributed by atoms with Crippen LogP contribution < -0.4 is 11.3 Å². The van der Waals surface area contributed by atoms with Crippen LogP contribution in [0.15, 0.2) is 24.3 Å². The van der Waals surface area contributed by atoms with E-state index < -0.39 is 11.7 Å². The number of alkyl halides is 3. The first-order chi connectivity index (χ1) is 9.35. The minimum atomic E-state index is -4.30. The Bertz CT molecular complexity index is 439. The first-order valence-electron chi connectivity index (χ1n) is 6.61. The summed E-state index contributed by atoms with van der Waals surface area (Å²) >= 11 is 0. The molecule has 0 spiro atoms. The fourth-order valence-corrected chi connectivity index (χ4v) is 2.59. The topological polar surface area (TPSA) is 47.3 Å². The number of hydrogen-bond acceptors (Lipinski definition) is 3. The number of nitrogens with two attached hydrogens (primary N) is 1. The molecule has 1 aromatic rings. The summed E-state index contributed by atoms with van der Waals surface area (Å²) in [6.07, 6.45) is -1.90. The third kappa shape index (κ3) is 3.31. The van der Waals surface area contributed by atoms with Crippen LogP contribution in [0.25, 0.3) is 0 Å². The van der Waals surface area contributed by atoms with E-state index in [0.717, 1.165) is 30.5 Å².